The van der Waals surface area contributed by atoms with Crippen molar-refractivity contribution in [3.05, 3.63) is 62.9 Å². The van der Waals surface area contributed by atoms with E-state index in [0.717, 1.165) is 4.46 Å². The number of H-pyrrole nitrogens is 1. The molecule has 2 aromatic rings. The molecule has 0 amide bonds. The molecule has 134 valence electrons. The van der Waals surface area contributed by atoms with Crippen molar-refractivity contribution in [3.8, 4) is 0 Å². The first kappa shape index (κ1) is 18.1. The number of nitrogens with zero attached hydrogens (tertiary/aromatic N) is 1. The fourth-order valence-corrected chi connectivity index (χ4v) is 5.73. The van der Waals surface area contributed by atoms with Gasteiger partial charge in [0.25, 0.3) is 0 Å². The van der Waals surface area contributed by atoms with Crippen molar-refractivity contribution in [2.45, 2.75) is 30.0 Å². The van der Waals surface area contributed by atoms with Crippen LogP contribution in [0.25, 0.3) is 0 Å². The first-order valence-corrected chi connectivity index (χ1v) is 9.76. The second-order valence-corrected chi connectivity index (χ2v) is 8.91. The van der Waals surface area contributed by atoms with Crippen LogP contribution in [0.5, 0.6) is 0 Å². The van der Waals surface area contributed by atoms with Crippen LogP contribution in [0, 0.1) is 6.92 Å². The number of hydrogen-bond acceptors (Lipinski definition) is 5. The number of aliphatic hydroxyl groups is 2. The van der Waals surface area contributed by atoms with E-state index in [-0.39, 0.29) is 33.0 Å². The zero-order valence-corrected chi connectivity index (χ0v) is 15.4. The van der Waals surface area contributed by atoms with Gasteiger partial charge in [0.15, 0.2) is 0 Å². The Morgan fingerprint density at radius 3 is 2.60 bits per heavy atom. The van der Waals surface area contributed by atoms with Crippen molar-refractivity contribution in [2.24, 2.45) is 0 Å². The van der Waals surface area contributed by atoms with Gasteiger partial charge in [0.1, 0.15) is 0 Å². The van der Waals surface area contributed by atoms with Gasteiger partial charge in [0, 0.05) is 0 Å². The third kappa shape index (κ3) is 3.63. The maximum absolute atomic E-state index is 12.3. The molecule has 1 aromatic heterocycles. The van der Waals surface area contributed by atoms with Crippen molar-refractivity contribution < 1.29 is 14.9 Å². The molecule has 8 heteroatoms. The van der Waals surface area contributed by atoms with E-state index >= 15 is 0 Å². The van der Waals surface area contributed by atoms with Gasteiger partial charge in [-0.2, -0.15) is 0 Å². The summed E-state index contributed by atoms with van der Waals surface area (Å²) in [6, 6.07) is 9.85. The molecular weight excluding hydrogens is 391 g/mol. The molecule has 3 rings (SSSR count). The van der Waals surface area contributed by atoms with Gasteiger partial charge >= 0.3 is 150 Å². The van der Waals surface area contributed by atoms with Crippen molar-refractivity contribution in [3.63, 3.8) is 0 Å². The zero-order chi connectivity index (χ0) is 18.0. The second-order valence-electron chi connectivity index (χ2n) is 6.16. The van der Waals surface area contributed by atoms with E-state index in [1.54, 1.807) is 6.92 Å². The van der Waals surface area contributed by atoms with Crippen LogP contribution in [-0.4, -0.2) is 53.5 Å². The topological polar surface area (TPSA) is 105 Å². The molecule has 0 radical (unpaired) electrons. The van der Waals surface area contributed by atoms with Crippen LogP contribution in [0.1, 0.15) is 18.2 Å². The Morgan fingerprint density at radius 1 is 1.28 bits per heavy atom. The molecule has 3 N–H and O–H groups in total. The molecule has 2 atom stereocenters. The molecule has 0 spiro atoms. The molecule has 2 heterocycles. The minimum absolute atomic E-state index is 0.0402. The first-order chi connectivity index (χ1) is 12.0. The van der Waals surface area contributed by atoms with Crippen LogP contribution in [-0.2, 0) is 4.74 Å². The predicted octanol–water partition coefficient (Wildman–Crippen LogP) is -0.694. The number of rotatable bonds is 5. The van der Waals surface area contributed by atoms with E-state index in [4.69, 9.17) is 4.74 Å². The summed E-state index contributed by atoms with van der Waals surface area (Å²) in [5, 5.41) is 19.4. The van der Waals surface area contributed by atoms with Crippen LogP contribution in [0.15, 0.2) is 46.1 Å². The van der Waals surface area contributed by atoms with Crippen LogP contribution in [0.3, 0.4) is 0 Å². The number of aliphatic hydroxyl groups excluding tert-OH is 2. The zero-order valence-electron chi connectivity index (χ0n) is 13.7. The van der Waals surface area contributed by atoms with Gasteiger partial charge in [-0.25, -0.2) is 0 Å². The molecule has 0 aliphatic carbocycles. The number of hydrogen-bond donors (Lipinski definition) is 3. The molecule has 1 aromatic carbocycles. The molecule has 1 saturated heterocycles. The summed E-state index contributed by atoms with van der Waals surface area (Å²) in [6.07, 6.45) is 1.26. The minimum atomic E-state index is -1.09. The average Bonchev–Trinajstić information content (AvgIpc) is 2.98. The van der Waals surface area contributed by atoms with Crippen molar-refractivity contribution in [2.75, 3.05) is 13.2 Å². The molecular formula is C17H20N2O5Se. The normalized spacial score (nSPS) is 22.2. The molecule has 1 fully saturated rings. The fourth-order valence-electron chi connectivity index (χ4n) is 2.89. The molecule has 0 bridgehead atoms. The van der Waals surface area contributed by atoms with Crippen LogP contribution in [0.4, 0.5) is 0 Å². The number of ether oxygens (including phenoxy) is 1. The van der Waals surface area contributed by atoms with E-state index in [2.05, 4.69) is 4.98 Å². The molecule has 7 nitrogen and oxygen atoms in total. The monoisotopic (exact) mass is 412 g/mol. The van der Waals surface area contributed by atoms with Gasteiger partial charge in [0.2, 0.25) is 0 Å². The number of aromatic nitrogens is 2. The summed E-state index contributed by atoms with van der Waals surface area (Å²) in [7, 11) is 0. The summed E-state index contributed by atoms with van der Waals surface area (Å²) >= 11 is -0.0402. The number of aryl methyl sites for hydroxylation is 1. The van der Waals surface area contributed by atoms with Gasteiger partial charge in [-0.05, 0) is 0 Å². The number of nitrogens with one attached hydrogen (secondary N) is 1. The van der Waals surface area contributed by atoms with E-state index in [9.17, 15) is 19.8 Å². The summed E-state index contributed by atoms with van der Waals surface area (Å²) in [4.78, 5) is 26.1. The van der Waals surface area contributed by atoms with E-state index in [1.807, 2.05) is 30.3 Å². The molecule has 0 saturated carbocycles. The molecule has 25 heavy (non-hydrogen) atoms. The third-order valence-electron chi connectivity index (χ3n) is 4.29. The predicted molar refractivity (Wildman–Crippen MR) is 93.3 cm³/mol. The Hall–Kier alpha value is -1.70. The Morgan fingerprint density at radius 2 is 1.96 bits per heavy atom. The molecule has 1 aliphatic rings. The number of benzene rings is 1. The van der Waals surface area contributed by atoms with Gasteiger partial charge in [0.05, 0.1) is 0 Å². The van der Waals surface area contributed by atoms with E-state index in [0.29, 0.717) is 12.0 Å². The second kappa shape index (κ2) is 7.27. The third-order valence-corrected chi connectivity index (χ3v) is 6.90. The van der Waals surface area contributed by atoms with E-state index < -0.39 is 23.1 Å². The van der Waals surface area contributed by atoms with E-state index in [1.165, 1.54) is 10.8 Å². The van der Waals surface area contributed by atoms with Crippen LogP contribution in [0.2, 0.25) is 4.82 Å². The SMILES string of the molecule is Cc1cn([C@@H]2OC(CO)(CO)C[C@H]2[Se]c2ccccc2)c(=O)[nH]c1=O. The Balaban J connectivity index is 2.00. The van der Waals surface area contributed by atoms with Crippen LogP contribution < -0.4 is 15.7 Å². The molecule has 1 aliphatic heterocycles. The van der Waals surface area contributed by atoms with Crippen LogP contribution >= 0.6 is 0 Å². The van der Waals surface area contributed by atoms with Gasteiger partial charge in [-0.1, -0.05) is 0 Å². The van der Waals surface area contributed by atoms with Gasteiger partial charge < -0.3 is 0 Å². The van der Waals surface area contributed by atoms with Gasteiger partial charge in [-0.15, -0.1) is 0 Å². The van der Waals surface area contributed by atoms with Gasteiger partial charge in [-0.3, -0.25) is 0 Å². The molecule has 0 unspecified atom stereocenters. The number of aromatic amines is 1. The van der Waals surface area contributed by atoms with Crippen molar-refractivity contribution in [1.29, 1.82) is 0 Å². The average molecular weight is 411 g/mol. The fraction of sp³-hybridized carbons (Fsp3) is 0.412. The summed E-state index contributed by atoms with van der Waals surface area (Å²) < 4.78 is 8.44. The quantitative estimate of drug-likeness (QED) is 0.565. The summed E-state index contributed by atoms with van der Waals surface area (Å²) in [5.74, 6) is 0. The first-order valence-electron chi connectivity index (χ1n) is 7.91. The summed E-state index contributed by atoms with van der Waals surface area (Å²) in [6.45, 7) is 0.948. The maximum atomic E-state index is 12.3. The Kier molecular flexibility index (Phi) is 5.27. The Labute approximate surface area is 150 Å². The van der Waals surface area contributed by atoms with Crippen molar-refractivity contribution in [1.82, 2.24) is 9.55 Å². The Bertz CT molecular complexity index is 844. The summed E-state index contributed by atoms with van der Waals surface area (Å²) in [5.41, 5.74) is -1.67. The standard InChI is InChI=1S/C17H20N2O5Se/c1-11-8-19(16(23)18-14(11)22)15-13(7-17(9-20,10-21)24-15)25-12-5-3-2-4-6-12/h2-6,8,13,15,20-21H,7,9-10H2,1H3,(H,18,22,23)/t13-,15-/m1/s1. The van der Waals surface area contributed by atoms with Crippen molar-refractivity contribution >= 4 is 19.4 Å².